The van der Waals surface area contributed by atoms with E-state index in [1.165, 1.54) is 0 Å². The second kappa shape index (κ2) is 8.80. The van der Waals surface area contributed by atoms with Gasteiger partial charge in [0.15, 0.2) is 5.82 Å². The average Bonchev–Trinajstić information content (AvgIpc) is 3.26. The van der Waals surface area contributed by atoms with E-state index in [0.29, 0.717) is 16.7 Å². The number of carbonyl (C=O) groups excluding carboxylic acids is 1. The van der Waals surface area contributed by atoms with Crippen molar-refractivity contribution in [3.8, 4) is 11.4 Å². The summed E-state index contributed by atoms with van der Waals surface area (Å²) in [5.74, 6) is 1.11. The minimum Gasteiger partial charge on any atom is -0.328 e. The molecule has 0 bridgehead atoms. The Kier molecular flexibility index (Phi) is 5.77. The molecule has 2 N–H and O–H groups in total. The lowest BCUT2D eigenvalue weighted by Gasteiger charge is -2.25. The number of urea groups is 1. The van der Waals surface area contributed by atoms with Gasteiger partial charge in [0.1, 0.15) is 5.82 Å². The number of nitrogens with one attached hydrogen (secondary N) is 2. The second-order valence-corrected chi connectivity index (χ2v) is 7.17. The molecule has 3 aromatic carbocycles. The topological polar surface area (TPSA) is 73.9 Å². The summed E-state index contributed by atoms with van der Waals surface area (Å²) in [7, 11) is 0. The van der Waals surface area contributed by atoms with Gasteiger partial charge in [0.25, 0.3) is 0 Å². The molecular weight excluding hydrogens is 398 g/mol. The first kappa shape index (κ1) is 19.7. The molecule has 7 heteroatoms. The van der Waals surface area contributed by atoms with E-state index < -0.39 is 0 Å². The largest absolute Gasteiger partial charge is 0.328 e. The maximum atomic E-state index is 13.2. The minimum absolute atomic E-state index is 0.260. The van der Waals surface area contributed by atoms with Crippen LogP contribution in [0.5, 0.6) is 0 Å². The first-order valence-corrected chi connectivity index (χ1v) is 9.88. The van der Waals surface area contributed by atoms with Crippen molar-refractivity contribution in [3.63, 3.8) is 0 Å². The highest BCUT2D eigenvalue weighted by Crippen LogP contribution is 2.26. The van der Waals surface area contributed by atoms with E-state index in [1.807, 2.05) is 79.7 Å². The Morgan fingerprint density at radius 1 is 0.933 bits per heavy atom. The van der Waals surface area contributed by atoms with Crippen molar-refractivity contribution in [2.24, 2.45) is 0 Å². The maximum Gasteiger partial charge on any atom is 0.327 e. The highest BCUT2D eigenvalue weighted by atomic mass is 35.5. The Bertz CT molecular complexity index is 1070. The van der Waals surface area contributed by atoms with Crippen molar-refractivity contribution in [1.82, 2.24) is 20.5 Å². The standard InChI is InChI=1S/C23H20ClN5O/c1-16(21-26-22(28-27-21)17-12-14-18(24)15-13-17)25-23(30)29(19-8-4-2-5-9-19)20-10-6-3-7-11-20/h2-16H,1H3,(H,25,30)(H,26,27,28). The number of aromatic nitrogens is 3. The molecule has 4 aromatic rings. The third-order valence-corrected chi connectivity index (χ3v) is 4.84. The van der Waals surface area contributed by atoms with Crippen LogP contribution in [0.4, 0.5) is 16.2 Å². The van der Waals surface area contributed by atoms with Crippen LogP contribution in [-0.2, 0) is 0 Å². The lowest BCUT2D eigenvalue weighted by atomic mass is 10.2. The fourth-order valence-corrected chi connectivity index (χ4v) is 3.18. The highest BCUT2D eigenvalue weighted by Gasteiger charge is 2.21. The molecule has 0 radical (unpaired) electrons. The second-order valence-electron chi connectivity index (χ2n) is 6.73. The first-order chi connectivity index (χ1) is 14.6. The summed E-state index contributed by atoms with van der Waals surface area (Å²) in [5.41, 5.74) is 2.39. The van der Waals surface area contributed by atoms with E-state index in [9.17, 15) is 4.79 Å². The van der Waals surface area contributed by atoms with Gasteiger partial charge in [-0.05, 0) is 55.5 Å². The fraction of sp³-hybridized carbons (Fsp3) is 0.0870. The molecule has 0 saturated carbocycles. The number of halogens is 1. The predicted molar refractivity (Wildman–Crippen MR) is 119 cm³/mol. The van der Waals surface area contributed by atoms with Gasteiger partial charge in [-0.15, -0.1) is 0 Å². The van der Waals surface area contributed by atoms with Gasteiger partial charge in [0.05, 0.1) is 17.4 Å². The fourth-order valence-electron chi connectivity index (χ4n) is 3.05. The number of rotatable bonds is 5. The van der Waals surface area contributed by atoms with E-state index in [1.54, 1.807) is 17.0 Å². The summed E-state index contributed by atoms with van der Waals surface area (Å²) < 4.78 is 0. The van der Waals surface area contributed by atoms with Crippen molar-refractivity contribution in [3.05, 3.63) is 95.8 Å². The number of aromatic amines is 1. The smallest absolute Gasteiger partial charge is 0.327 e. The molecule has 1 atom stereocenters. The normalized spacial score (nSPS) is 11.7. The molecule has 0 aliphatic heterocycles. The minimum atomic E-state index is -0.374. The summed E-state index contributed by atoms with van der Waals surface area (Å²) in [6.45, 7) is 1.86. The number of carbonyl (C=O) groups is 1. The van der Waals surface area contributed by atoms with E-state index in [-0.39, 0.29) is 12.1 Å². The van der Waals surface area contributed by atoms with Crippen LogP contribution in [0.3, 0.4) is 0 Å². The molecule has 0 aliphatic rings. The first-order valence-electron chi connectivity index (χ1n) is 9.51. The van der Waals surface area contributed by atoms with Crippen molar-refractivity contribution in [2.45, 2.75) is 13.0 Å². The molecule has 0 aliphatic carbocycles. The molecule has 1 unspecified atom stereocenters. The zero-order valence-corrected chi connectivity index (χ0v) is 17.0. The van der Waals surface area contributed by atoms with Gasteiger partial charge in [-0.1, -0.05) is 48.0 Å². The van der Waals surface area contributed by atoms with Crippen molar-refractivity contribution < 1.29 is 4.79 Å². The summed E-state index contributed by atoms with van der Waals surface area (Å²) >= 11 is 5.94. The van der Waals surface area contributed by atoms with E-state index in [2.05, 4.69) is 20.5 Å². The number of benzene rings is 3. The lowest BCUT2D eigenvalue weighted by Crippen LogP contribution is -2.38. The van der Waals surface area contributed by atoms with Crippen molar-refractivity contribution in [2.75, 3.05) is 4.90 Å². The number of para-hydroxylation sites is 2. The summed E-state index contributed by atoms with van der Waals surface area (Å²) in [6, 6.07) is 25.7. The van der Waals surface area contributed by atoms with E-state index in [4.69, 9.17) is 11.6 Å². The van der Waals surface area contributed by atoms with Gasteiger partial charge in [0.2, 0.25) is 0 Å². The molecule has 150 valence electrons. The zero-order chi connectivity index (χ0) is 20.9. The number of H-pyrrole nitrogens is 1. The van der Waals surface area contributed by atoms with Gasteiger partial charge in [-0.25, -0.2) is 9.78 Å². The van der Waals surface area contributed by atoms with Crippen LogP contribution in [0.15, 0.2) is 84.9 Å². The lowest BCUT2D eigenvalue weighted by molar-refractivity contribution is 0.245. The van der Waals surface area contributed by atoms with E-state index >= 15 is 0 Å². The average molecular weight is 418 g/mol. The summed E-state index contributed by atoms with van der Waals surface area (Å²) in [6.07, 6.45) is 0. The monoisotopic (exact) mass is 417 g/mol. The van der Waals surface area contributed by atoms with Crippen LogP contribution in [0, 0.1) is 0 Å². The Hall–Kier alpha value is -3.64. The Balaban J connectivity index is 1.55. The summed E-state index contributed by atoms with van der Waals surface area (Å²) in [4.78, 5) is 19.3. The van der Waals surface area contributed by atoms with Gasteiger partial charge in [-0.3, -0.25) is 10.00 Å². The van der Waals surface area contributed by atoms with Crippen LogP contribution in [0.1, 0.15) is 18.8 Å². The Labute approximate surface area is 179 Å². The Morgan fingerprint density at radius 2 is 1.50 bits per heavy atom. The number of anilines is 2. The SMILES string of the molecule is CC(NC(=O)N(c1ccccc1)c1ccccc1)c1nc(-c2ccc(Cl)cc2)n[nH]1. The molecule has 30 heavy (non-hydrogen) atoms. The molecule has 2 amide bonds. The predicted octanol–water partition coefficient (Wildman–Crippen LogP) is 5.73. The molecule has 6 nitrogen and oxygen atoms in total. The van der Waals surface area contributed by atoms with Crippen molar-refractivity contribution in [1.29, 1.82) is 0 Å². The quantitative estimate of drug-likeness (QED) is 0.435. The third kappa shape index (κ3) is 4.34. The molecule has 0 spiro atoms. The number of hydrogen-bond donors (Lipinski definition) is 2. The maximum absolute atomic E-state index is 13.2. The molecule has 0 saturated heterocycles. The van der Waals surface area contributed by atoms with Crippen LogP contribution in [0.2, 0.25) is 5.02 Å². The molecule has 1 heterocycles. The van der Waals surface area contributed by atoms with Gasteiger partial charge < -0.3 is 5.32 Å². The highest BCUT2D eigenvalue weighted by molar-refractivity contribution is 6.30. The third-order valence-electron chi connectivity index (χ3n) is 4.59. The van der Waals surface area contributed by atoms with Crippen LogP contribution in [-0.4, -0.2) is 21.2 Å². The molecule has 0 fully saturated rings. The van der Waals surface area contributed by atoms with Crippen LogP contribution < -0.4 is 10.2 Å². The van der Waals surface area contributed by atoms with Crippen LogP contribution in [0.25, 0.3) is 11.4 Å². The number of nitrogens with zero attached hydrogens (tertiary/aromatic N) is 3. The van der Waals surface area contributed by atoms with Gasteiger partial charge in [0, 0.05) is 10.6 Å². The van der Waals surface area contributed by atoms with Crippen molar-refractivity contribution >= 4 is 29.0 Å². The molecule has 4 rings (SSSR count). The van der Waals surface area contributed by atoms with Gasteiger partial charge >= 0.3 is 6.03 Å². The Morgan fingerprint density at radius 3 is 2.07 bits per heavy atom. The summed E-state index contributed by atoms with van der Waals surface area (Å²) in [5, 5.41) is 10.8. The molecular formula is C23H20ClN5O. The zero-order valence-electron chi connectivity index (χ0n) is 16.3. The van der Waals surface area contributed by atoms with Crippen LogP contribution >= 0.6 is 11.6 Å². The number of amides is 2. The molecule has 1 aromatic heterocycles. The van der Waals surface area contributed by atoms with E-state index in [0.717, 1.165) is 16.9 Å². The number of hydrogen-bond acceptors (Lipinski definition) is 3. The van der Waals surface area contributed by atoms with Gasteiger partial charge in [-0.2, -0.15) is 5.10 Å².